The van der Waals surface area contributed by atoms with E-state index >= 15 is 0 Å². The summed E-state index contributed by atoms with van der Waals surface area (Å²) in [5.41, 5.74) is 0. The Balaban J connectivity index is 1.82. The van der Waals surface area contributed by atoms with Gasteiger partial charge in [-0.2, -0.15) is 5.21 Å². The first kappa shape index (κ1) is 9.83. The average molecular weight is 212 g/mol. The molecule has 0 saturated heterocycles. The number of rotatable bonds is 3. The summed E-state index contributed by atoms with van der Waals surface area (Å²) < 4.78 is 2.42. The third-order valence-electron chi connectivity index (χ3n) is 3.02. The van der Waals surface area contributed by atoms with Crippen molar-refractivity contribution in [3.8, 4) is 0 Å². The molecule has 5 heteroatoms. The van der Waals surface area contributed by atoms with E-state index < -0.39 is 0 Å². The van der Waals surface area contributed by atoms with E-state index in [4.69, 9.17) is 12.2 Å². The number of aryl methyl sites for hydroxylation is 1. The van der Waals surface area contributed by atoms with E-state index in [1.54, 1.807) is 0 Å². The van der Waals surface area contributed by atoms with Crippen molar-refractivity contribution in [3.05, 3.63) is 4.77 Å². The van der Waals surface area contributed by atoms with Crippen LogP contribution in [0.15, 0.2) is 0 Å². The van der Waals surface area contributed by atoms with E-state index in [0.717, 1.165) is 12.5 Å². The van der Waals surface area contributed by atoms with Crippen LogP contribution in [0.2, 0.25) is 0 Å². The molecule has 1 aromatic heterocycles. The first-order valence-electron chi connectivity index (χ1n) is 5.34. The minimum Gasteiger partial charge on any atom is -0.242 e. The van der Waals surface area contributed by atoms with Crippen molar-refractivity contribution in [2.75, 3.05) is 0 Å². The highest BCUT2D eigenvalue weighted by atomic mass is 32.1. The lowest BCUT2D eigenvalue weighted by atomic mass is 9.87. The average Bonchev–Trinajstić information content (AvgIpc) is 2.63. The first-order valence-corrected chi connectivity index (χ1v) is 5.75. The second-order valence-electron chi connectivity index (χ2n) is 4.03. The number of hydrogen-bond donors (Lipinski definition) is 1. The van der Waals surface area contributed by atoms with Gasteiger partial charge in [-0.25, -0.2) is 4.68 Å². The molecule has 0 aliphatic heterocycles. The number of H-pyrrole nitrogens is 1. The smallest absolute Gasteiger partial charge is 0.238 e. The Kier molecular flexibility index (Phi) is 3.29. The summed E-state index contributed by atoms with van der Waals surface area (Å²) in [7, 11) is 0. The van der Waals surface area contributed by atoms with Crippen LogP contribution in [0.25, 0.3) is 0 Å². The summed E-state index contributed by atoms with van der Waals surface area (Å²) in [6.45, 7) is 0.941. The van der Waals surface area contributed by atoms with Gasteiger partial charge in [-0.15, -0.1) is 0 Å². The number of aromatic nitrogens is 4. The second kappa shape index (κ2) is 4.68. The molecule has 14 heavy (non-hydrogen) atoms. The summed E-state index contributed by atoms with van der Waals surface area (Å²) in [6.07, 6.45) is 8.19. The zero-order chi connectivity index (χ0) is 9.80. The number of tetrazole rings is 1. The monoisotopic (exact) mass is 212 g/mol. The molecule has 4 nitrogen and oxygen atoms in total. The normalized spacial score (nSPS) is 18.6. The second-order valence-corrected chi connectivity index (χ2v) is 4.39. The van der Waals surface area contributed by atoms with E-state index in [1.807, 2.05) is 4.68 Å². The van der Waals surface area contributed by atoms with Crippen molar-refractivity contribution < 1.29 is 0 Å². The minimum atomic E-state index is 0.570. The molecule has 0 bridgehead atoms. The molecule has 1 aromatic rings. The van der Waals surface area contributed by atoms with Gasteiger partial charge in [0.05, 0.1) is 0 Å². The molecule has 2 rings (SSSR count). The van der Waals surface area contributed by atoms with Crippen LogP contribution in [0.1, 0.15) is 38.5 Å². The topological polar surface area (TPSA) is 46.5 Å². The Morgan fingerprint density at radius 2 is 2.14 bits per heavy atom. The molecule has 0 spiro atoms. The van der Waals surface area contributed by atoms with Crippen LogP contribution in [-0.4, -0.2) is 20.2 Å². The van der Waals surface area contributed by atoms with Crippen molar-refractivity contribution in [1.29, 1.82) is 0 Å². The SMILES string of the molecule is S=c1nn[nH]n1CCC1CCCCC1. The maximum atomic E-state index is 5.01. The fraction of sp³-hybridized carbons (Fsp3) is 0.889. The molecule has 0 unspecified atom stereocenters. The molecule has 1 aliphatic rings. The molecule has 1 N–H and O–H groups in total. The summed E-state index contributed by atoms with van der Waals surface area (Å²) >= 11 is 5.01. The van der Waals surface area contributed by atoms with Crippen molar-refractivity contribution >= 4 is 12.2 Å². The summed E-state index contributed by atoms with van der Waals surface area (Å²) in [4.78, 5) is 0. The third kappa shape index (κ3) is 2.41. The van der Waals surface area contributed by atoms with E-state index in [2.05, 4.69) is 15.5 Å². The molecule has 78 valence electrons. The third-order valence-corrected chi connectivity index (χ3v) is 3.32. The molecule has 1 aliphatic carbocycles. The van der Waals surface area contributed by atoms with E-state index in [-0.39, 0.29) is 0 Å². The molecule has 0 atom stereocenters. The molecular formula is C9H16N4S. The number of nitrogens with one attached hydrogen (secondary N) is 1. The van der Waals surface area contributed by atoms with Crippen LogP contribution in [0, 0.1) is 10.7 Å². The maximum Gasteiger partial charge on any atom is 0.238 e. The van der Waals surface area contributed by atoms with Gasteiger partial charge in [0, 0.05) is 6.54 Å². The van der Waals surface area contributed by atoms with Gasteiger partial charge >= 0.3 is 0 Å². The van der Waals surface area contributed by atoms with Gasteiger partial charge in [0.25, 0.3) is 0 Å². The van der Waals surface area contributed by atoms with Crippen molar-refractivity contribution in [2.45, 2.75) is 45.1 Å². The predicted octanol–water partition coefficient (Wildman–Crippen LogP) is 2.31. The van der Waals surface area contributed by atoms with Crippen LogP contribution >= 0.6 is 12.2 Å². The zero-order valence-corrected chi connectivity index (χ0v) is 9.09. The molecule has 0 radical (unpaired) electrons. The van der Waals surface area contributed by atoms with E-state index in [9.17, 15) is 0 Å². The molecule has 0 aromatic carbocycles. The highest BCUT2D eigenvalue weighted by molar-refractivity contribution is 7.71. The van der Waals surface area contributed by atoms with Crippen LogP contribution in [0.4, 0.5) is 0 Å². The molecule has 1 heterocycles. The largest absolute Gasteiger partial charge is 0.242 e. The Bertz CT molecular complexity index is 324. The van der Waals surface area contributed by atoms with E-state index in [1.165, 1.54) is 38.5 Å². The molecule has 0 amide bonds. The van der Waals surface area contributed by atoms with E-state index in [0.29, 0.717) is 4.77 Å². The zero-order valence-electron chi connectivity index (χ0n) is 8.28. The lowest BCUT2D eigenvalue weighted by molar-refractivity contribution is 0.317. The lowest BCUT2D eigenvalue weighted by Crippen LogP contribution is -2.11. The van der Waals surface area contributed by atoms with Crippen molar-refractivity contribution in [1.82, 2.24) is 20.2 Å². The number of hydrogen-bond acceptors (Lipinski definition) is 3. The summed E-state index contributed by atoms with van der Waals surface area (Å²) in [6, 6.07) is 0. The standard InChI is InChI=1S/C9H16N4S/c14-9-10-11-12-13(9)7-6-8-4-2-1-3-5-8/h8H,1-7H2,(H,10,12,14). The van der Waals surface area contributed by atoms with Crippen molar-refractivity contribution in [3.63, 3.8) is 0 Å². The van der Waals surface area contributed by atoms with Gasteiger partial charge < -0.3 is 0 Å². The van der Waals surface area contributed by atoms with Crippen LogP contribution < -0.4 is 0 Å². The fourth-order valence-corrected chi connectivity index (χ4v) is 2.32. The first-order chi connectivity index (χ1) is 6.86. The lowest BCUT2D eigenvalue weighted by Gasteiger charge is -2.20. The van der Waals surface area contributed by atoms with Crippen LogP contribution in [0.3, 0.4) is 0 Å². The predicted molar refractivity (Wildman–Crippen MR) is 56.4 cm³/mol. The summed E-state index contributed by atoms with van der Waals surface area (Å²) in [5.74, 6) is 0.883. The number of aromatic amines is 1. The Morgan fingerprint density at radius 1 is 1.36 bits per heavy atom. The number of nitrogens with zero attached hydrogens (tertiary/aromatic N) is 3. The summed E-state index contributed by atoms with van der Waals surface area (Å²) in [5, 5.41) is 10.2. The Hall–Kier alpha value is -0.710. The minimum absolute atomic E-state index is 0.570. The molecule has 1 fully saturated rings. The van der Waals surface area contributed by atoms with Gasteiger partial charge in [0.1, 0.15) is 0 Å². The quantitative estimate of drug-likeness (QED) is 0.782. The van der Waals surface area contributed by atoms with Crippen LogP contribution in [-0.2, 0) is 6.54 Å². The van der Waals surface area contributed by atoms with Crippen LogP contribution in [0.5, 0.6) is 0 Å². The van der Waals surface area contributed by atoms with Gasteiger partial charge in [0.15, 0.2) is 0 Å². The van der Waals surface area contributed by atoms with Gasteiger partial charge in [-0.05, 0) is 24.6 Å². The van der Waals surface area contributed by atoms with Crippen molar-refractivity contribution in [2.24, 2.45) is 5.92 Å². The molecule has 1 saturated carbocycles. The van der Waals surface area contributed by atoms with Gasteiger partial charge in [0.2, 0.25) is 4.77 Å². The molecular weight excluding hydrogens is 196 g/mol. The van der Waals surface area contributed by atoms with Gasteiger partial charge in [-0.1, -0.05) is 42.4 Å². The highest BCUT2D eigenvalue weighted by Gasteiger charge is 2.13. The maximum absolute atomic E-state index is 5.01. The highest BCUT2D eigenvalue weighted by Crippen LogP contribution is 2.26. The van der Waals surface area contributed by atoms with Gasteiger partial charge in [-0.3, -0.25) is 0 Å². The Morgan fingerprint density at radius 3 is 2.79 bits per heavy atom. The Labute approximate surface area is 88.7 Å². The fourth-order valence-electron chi connectivity index (χ4n) is 2.15.